The SMILES string of the molecule is COc1ccc(C(N)CCCc2ccccc2)c2cc(C(=O)Nc3ccc(Cl)cc3)oc12. The summed E-state index contributed by atoms with van der Waals surface area (Å²) in [5.74, 6) is 0.400. The number of fused-ring (bicyclic) bond motifs is 1. The highest BCUT2D eigenvalue weighted by atomic mass is 35.5. The van der Waals surface area contributed by atoms with Gasteiger partial charge in [-0.05, 0) is 66.8 Å². The monoisotopic (exact) mass is 448 g/mol. The zero-order chi connectivity index (χ0) is 22.5. The zero-order valence-corrected chi connectivity index (χ0v) is 18.6. The van der Waals surface area contributed by atoms with Crippen LogP contribution in [0.3, 0.4) is 0 Å². The number of aryl methyl sites for hydroxylation is 1. The molecule has 164 valence electrons. The predicted octanol–water partition coefficient (Wildman–Crippen LogP) is 6.37. The summed E-state index contributed by atoms with van der Waals surface area (Å²) < 4.78 is 11.3. The molecule has 3 aromatic carbocycles. The van der Waals surface area contributed by atoms with Gasteiger partial charge >= 0.3 is 0 Å². The number of benzene rings is 3. The molecule has 32 heavy (non-hydrogen) atoms. The molecule has 0 aliphatic carbocycles. The van der Waals surface area contributed by atoms with E-state index < -0.39 is 0 Å². The first-order valence-corrected chi connectivity index (χ1v) is 10.9. The summed E-state index contributed by atoms with van der Waals surface area (Å²) in [6.45, 7) is 0. The van der Waals surface area contributed by atoms with Gasteiger partial charge in [-0.2, -0.15) is 0 Å². The van der Waals surface area contributed by atoms with Crippen molar-refractivity contribution in [3.05, 3.63) is 94.7 Å². The molecule has 6 heteroatoms. The van der Waals surface area contributed by atoms with E-state index in [1.54, 1.807) is 37.4 Å². The van der Waals surface area contributed by atoms with Crippen molar-refractivity contribution in [3.63, 3.8) is 0 Å². The second-order valence-electron chi connectivity index (χ2n) is 7.66. The van der Waals surface area contributed by atoms with Crippen LogP contribution >= 0.6 is 11.6 Å². The molecule has 0 bridgehead atoms. The standard InChI is InChI=1S/C26H25ClN2O3/c1-31-23-15-14-20(22(28)9-5-8-17-6-3-2-4-7-17)21-16-24(32-25(21)23)26(30)29-19-12-10-18(27)11-13-19/h2-4,6-7,10-16,22H,5,8-9,28H2,1H3,(H,29,30). The minimum absolute atomic E-state index is 0.183. The number of nitrogens with one attached hydrogen (secondary N) is 1. The summed E-state index contributed by atoms with van der Waals surface area (Å²) in [5, 5.41) is 4.21. The molecule has 1 unspecified atom stereocenters. The lowest BCUT2D eigenvalue weighted by Gasteiger charge is -2.14. The Balaban J connectivity index is 1.54. The van der Waals surface area contributed by atoms with Crippen molar-refractivity contribution in [2.45, 2.75) is 25.3 Å². The number of carbonyl (C=O) groups is 1. The molecule has 4 rings (SSSR count). The fourth-order valence-electron chi connectivity index (χ4n) is 3.77. The maximum absolute atomic E-state index is 12.8. The lowest BCUT2D eigenvalue weighted by Crippen LogP contribution is -2.11. The van der Waals surface area contributed by atoms with Crippen molar-refractivity contribution >= 4 is 34.2 Å². The normalized spacial score (nSPS) is 12.0. The molecule has 0 aliphatic heterocycles. The van der Waals surface area contributed by atoms with Crippen LogP contribution in [0.5, 0.6) is 5.75 Å². The van der Waals surface area contributed by atoms with Crippen molar-refractivity contribution in [3.8, 4) is 5.75 Å². The van der Waals surface area contributed by atoms with Crippen LogP contribution in [0.4, 0.5) is 5.69 Å². The molecule has 0 fully saturated rings. The molecule has 3 N–H and O–H groups in total. The number of nitrogens with two attached hydrogens (primary N) is 1. The maximum atomic E-state index is 12.8. The molecule has 4 aromatic rings. The van der Waals surface area contributed by atoms with E-state index in [4.69, 9.17) is 26.5 Å². The molecule has 0 spiro atoms. The average molecular weight is 449 g/mol. The van der Waals surface area contributed by atoms with Gasteiger partial charge < -0.3 is 20.2 Å². The molecule has 0 aliphatic rings. The molecule has 1 atom stereocenters. The van der Waals surface area contributed by atoms with E-state index in [0.29, 0.717) is 22.0 Å². The van der Waals surface area contributed by atoms with Gasteiger partial charge in [-0.25, -0.2) is 0 Å². The number of anilines is 1. The third-order valence-corrected chi connectivity index (χ3v) is 5.70. The Hall–Kier alpha value is -3.28. The molecule has 1 heterocycles. The Morgan fingerprint density at radius 1 is 1.09 bits per heavy atom. The Kier molecular flexibility index (Phi) is 6.78. The number of halogens is 1. The number of amides is 1. The molecule has 0 saturated heterocycles. The third-order valence-electron chi connectivity index (χ3n) is 5.45. The van der Waals surface area contributed by atoms with Crippen LogP contribution in [0.1, 0.15) is 40.6 Å². The summed E-state index contributed by atoms with van der Waals surface area (Å²) >= 11 is 5.91. The van der Waals surface area contributed by atoms with Gasteiger partial charge in [0.15, 0.2) is 17.1 Å². The van der Waals surface area contributed by atoms with E-state index in [1.165, 1.54) is 5.56 Å². The molecule has 0 radical (unpaired) electrons. The van der Waals surface area contributed by atoms with Crippen molar-refractivity contribution < 1.29 is 13.9 Å². The Morgan fingerprint density at radius 3 is 2.56 bits per heavy atom. The van der Waals surface area contributed by atoms with Crippen LogP contribution in [0.2, 0.25) is 5.02 Å². The Labute approximate surface area is 192 Å². The van der Waals surface area contributed by atoms with Crippen LogP contribution in [0.25, 0.3) is 11.0 Å². The van der Waals surface area contributed by atoms with Gasteiger partial charge in [0.2, 0.25) is 0 Å². The summed E-state index contributed by atoms with van der Waals surface area (Å²) in [7, 11) is 1.57. The lowest BCUT2D eigenvalue weighted by atomic mass is 9.97. The number of hydrogen-bond acceptors (Lipinski definition) is 4. The van der Waals surface area contributed by atoms with E-state index in [-0.39, 0.29) is 17.7 Å². The predicted molar refractivity (Wildman–Crippen MR) is 128 cm³/mol. The first kappa shape index (κ1) is 21.9. The number of ether oxygens (including phenoxy) is 1. The van der Waals surface area contributed by atoms with Crippen molar-refractivity contribution in [2.24, 2.45) is 5.73 Å². The van der Waals surface area contributed by atoms with Gasteiger partial charge in [0.25, 0.3) is 5.91 Å². The lowest BCUT2D eigenvalue weighted by molar-refractivity contribution is 0.0998. The number of carbonyl (C=O) groups excluding carboxylic acids is 1. The minimum Gasteiger partial charge on any atom is -0.493 e. The van der Waals surface area contributed by atoms with Crippen LogP contribution in [0.15, 0.2) is 77.2 Å². The third kappa shape index (κ3) is 4.96. The van der Waals surface area contributed by atoms with Gasteiger partial charge in [0, 0.05) is 22.1 Å². The highest BCUT2D eigenvalue weighted by Gasteiger charge is 2.20. The number of rotatable bonds is 8. The molecular weight excluding hydrogens is 424 g/mol. The van der Waals surface area contributed by atoms with Crippen LogP contribution in [-0.2, 0) is 6.42 Å². The summed E-state index contributed by atoms with van der Waals surface area (Å²) in [4.78, 5) is 12.8. The van der Waals surface area contributed by atoms with E-state index in [0.717, 1.165) is 30.2 Å². The molecular formula is C26H25ClN2O3. The maximum Gasteiger partial charge on any atom is 0.291 e. The smallest absolute Gasteiger partial charge is 0.291 e. The molecule has 1 aromatic heterocycles. The van der Waals surface area contributed by atoms with Gasteiger partial charge in [0.1, 0.15) is 0 Å². The van der Waals surface area contributed by atoms with Gasteiger partial charge in [0.05, 0.1) is 7.11 Å². The highest BCUT2D eigenvalue weighted by molar-refractivity contribution is 6.30. The topological polar surface area (TPSA) is 77.5 Å². The number of methoxy groups -OCH3 is 1. The quantitative estimate of drug-likeness (QED) is 0.328. The second kappa shape index (κ2) is 9.90. The molecule has 5 nitrogen and oxygen atoms in total. The first-order valence-electron chi connectivity index (χ1n) is 10.5. The van der Waals surface area contributed by atoms with E-state index in [2.05, 4.69) is 17.4 Å². The van der Waals surface area contributed by atoms with Crippen molar-refractivity contribution in [2.75, 3.05) is 12.4 Å². The molecule has 1 amide bonds. The highest BCUT2D eigenvalue weighted by Crippen LogP contribution is 2.35. The van der Waals surface area contributed by atoms with Crippen LogP contribution in [-0.4, -0.2) is 13.0 Å². The summed E-state index contributed by atoms with van der Waals surface area (Å²) in [5.41, 5.74) is 9.92. The molecule has 0 saturated carbocycles. The number of furan rings is 1. The van der Waals surface area contributed by atoms with Gasteiger partial charge in [-0.15, -0.1) is 0 Å². The van der Waals surface area contributed by atoms with E-state index >= 15 is 0 Å². The zero-order valence-electron chi connectivity index (χ0n) is 17.8. The fourth-order valence-corrected chi connectivity index (χ4v) is 3.89. The Bertz CT molecular complexity index is 1200. The minimum atomic E-state index is -0.353. The number of hydrogen-bond donors (Lipinski definition) is 2. The van der Waals surface area contributed by atoms with E-state index in [1.807, 2.05) is 30.3 Å². The largest absolute Gasteiger partial charge is 0.493 e. The fraction of sp³-hybridized carbons (Fsp3) is 0.192. The van der Waals surface area contributed by atoms with Crippen molar-refractivity contribution in [1.82, 2.24) is 0 Å². The summed E-state index contributed by atoms with van der Waals surface area (Å²) in [6, 6.07) is 22.6. The average Bonchev–Trinajstić information content (AvgIpc) is 3.26. The van der Waals surface area contributed by atoms with E-state index in [9.17, 15) is 4.79 Å². The van der Waals surface area contributed by atoms with Crippen LogP contribution < -0.4 is 15.8 Å². The first-order chi connectivity index (χ1) is 15.5. The van der Waals surface area contributed by atoms with Crippen molar-refractivity contribution in [1.29, 1.82) is 0 Å². The Morgan fingerprint density at radius 2 is 1.84 bits per heavy atom. The van der Waals surface area contributed by atoms with Crippen LogP contribution in [0, 0.1) is 0 Å². The summed E-state index contributed by atoms with van der Waals surface area (Å²) in [6.07, 6.45) is 2.74. The van der Waals surface area contributed by atoms with Gasteiger partial charge in [-0.3, -0.25) is 4.79 Å². The van der Waals surface area contributed by atoms with Gasteiger partial charge in [-0.1, -0.05) is 48.0 Å². The second-order valence-corrected chi connectivity index (χ2v) is 8.09.